The van der Waals surface area contributed by atoms with Crippen molar-refractivity contribution in [3.05, 3.63) is 63.6 Å². The van der Waals surface area contributed by atoms with E-state index >= 15 is 0 Å². The third-order valence-electron chi connectivity index (χ3n) is 4.61. The van der Waals surface area contributed by atoms with Crippen LogP contribution >= 0.6 is 15.9 Å². The van der Waals surface area contributed by atoms with E-state index in [9.17, 15) is 10.1 Å². The lowest BCUT2D eigenvalue weighted by molar-refractivity contribution is -0.125. The van der Waals surface area contributed by atoms with Crippen molar-refractivity contribution in [2.75, 3.05) is 19.7 Å². The molecule has 1 fully saturated rings. The van der Waals surface area contributed by atoms with Crippen LogP contribution in [0.3, 0.4) is 0 Å². The molecule has 0 atom stereocenters. The average Bonchev–Trinajstić information content (AvgIpc) is 3.27. The second-order valence-electron chi connectivity index (χ2n) is 6.71. The summed E-state index contributed by atoms with van der Waals surface area (Å²) in [6.45, 7) is 4.19. The van der Waals surface area contributed by atoms with Crippen LogP contribution in [0.25, 0.3) is 6.08 Å². The first kappa shape index (κ1) is 20.9. The number of nitriles is 1. The highest BCUT2D eigenvalue weighted by atomic mass is 79.9. The first-order valence-electron chi connectivity index (χ1n) is 9.66. The Hall–Kier alpha value is -2.78. The highest BCUT2D eigenvalue weighted by Crippen LogP contribution is 2.38. The fraction of sp³-hybridized carbons (Fsp3) is 0.304. The van der Waals surface area contributed by atoms with E-state index in [1.807, 2.05) is 49.4 Å². The van der Waals surface area contributed by atoms with E-state index < -0.39 is 0 Å². The summed E-state index contributed by atoms with van der Waals surface area (Å²) in [6, 6.07) is 15.5. The van der Waals surface area contributed by atoms with Gasteiger partial charge in [0.2, 0.25) is 0 Å². The van der Waals surface area contributed by atoms with Gasteiger partial charge in [-0.05, 0) is 65.0 Å². The number of carbonyl (C=O) groups excluding carboxylic acids is 1. The van der Waals surface area contributed by atoms with Crippen molar-refractivity contribution < 1.29 is 14.3 Å². The van der Waals surface area contributed by atoms with Crippen molar-refractivity contribution in [1.82, 2.24) is 4.90 Å². The molecule has 0 aromatic heterocycles. The monoisotopic (exact) mass is 454 g/mol. The van der Waals surface area contributed by atoms with E-state index in [4.69, 9.17) is 9.47 Å². The molecule has 2 aromatic carbocycles. The Balaban J connectivity index is 1.86. The highest BCUT2D eigenvalue weighted by molar-refractivity contribution is 9.10. The van der Waals surface area contributed by atoms with Gasteiger partial charge in [0, 0.05) is 13.1 Å². The number of likely N-dealkylation sites (tertiary alicyclic amines) is 1. The zero-order valence-electron chi connectivity index (χ0n) is 16.4. The Morgan fingerprint density at radius 2 is 1.93 bits per heavy atom. The zero-order chi connectivity index (χ0) is 20.6. The molecule has 1 aliphatic rings. The van der Waals surface area contributed by atoms with E-state index in [1.165, 1.54) is 0 Å². The summed E-state index contributed by atoms with van der Waals surface area (Å²) in [7, 11) is 0. The number of hydrogen-bond donors (Lipinski definition) is 0. The minimum atomic E-state index is -0.219. The maximum absolute atomic E-state index is 12.6. The molecule has 0 saturated carbocycles. The van der Waals surface area contributed by atoms with E-state index in [-0.39, 0.29) is 11.5 Å². The maximum Gasteiger partial charge on any atom is 0.264 e. The molecule has 0 N–H and O–H groups in total. The smallest absolute Gasteiger partial charge is 0.264 e. The van der Waals surface area contributed by atoms with Crippen LogP contribution in [0.4, 0.5) is 0 Å². The van der Waals surface area contributed by atoms with Crippen molar-refractivity contribution in [3.8, 4) is 17.6 Å². The van der Waals surface area contributed by atoms with Gasteiger partial charge in [-0.2, -0.15) is 5.26 Å². The van der Waals surface area contributed by atoms with Gasteiger partial charge in [0.05, 0.1) is 11.1 Å². The Kier molecular flexibility index (Phi) is 7.31. The van der Waals surface area contributed by atoms with E-state index in [0.29, 0.717) is 47.8 Å². The minimum Gasteiger partial charge on any atom is -0.490 e. The molecule has 150 valence electrons. The van der Waals surface area contributed by atoms with Crippen LogP contribution in [0.2, 0.25) is 0 Å². The number of hydrogen-bond acceptors (Lipinski definition) is 4. The van der Waals surface area contributed by atoms with E-state index in [0.717, 1.165) is 18.4 Å². The van der Waals surface area contributed by atoms with Gasteiger partial charge in [-0.3, -0.25) is 4.79 Å². The SMILES string of the molecule is CCOc1cc(/C=C(\C#N)C(=O)N2CCCC2)cc(Br)c1OCc1ccccc1. The molecule has 2 aromatic rings. The molecule has 5 nitrogen and oxygen atoms in total. The maximum atomic E-state index is 12.6. The number of nitrogens with zero attached hydrogens (tertiary/aromatic N) is 2. The summed E-state index contributed by atoms with van der Waals surface area (Å²) < 4.78 is 12.5. The lowest BCUT2D eigenvalue weighted by Crippen LogP contribution is -2.28. The van der Waals surface area contributed by atoms with Crippen molar-refractivity contribution >= 4 is 27.9 Å². The first-order valence-corrected chi connectivity index (χ1v) is 10.5. The third kappa shape index (κ3) is 5.39. The normalized spacial score (nSPS) is 13.8. The fourth-order valence-corrected chi connectivity index (χ4v) is 3.78. The molecule has 1 amide bonds. The summed E-state index contributed by atoms with van der Waals surface area (Å²) in [4.78, 5) is 14.3. The van der Waals surface area contributed by atoms with Crippen LogP contribution in [-0.2, 0) is 11.4 Å². The van der Waals surface area contributed by atoms with Crippen molar-refractivity contribution in [2.45, 2.75) is 26.4 Å². The largest absolute Gasteiger partial charge is 0.490 e. The molecule has 3 rings (SSSR count). The van der Waals surface area contributed by atoms with Crippen LogP contribution in [0, 0.1) is 11.3 Å². The number of carbonyl (C=O) groups is 1. The van der Waals surface area contributed by atoms with Gasteiger partial charge in [-0.15, -0.1) is 0 Å². The standard InChI is InChI=1S/C23H23BrN2O3/c1-2-28-21-14-18(12-19(15-25)23(27)26-10-6-7-11-26)13-20(24)22(21)29-16-17-8-4-3-5-9-17/h3-5,8-9,12-14H,2,6-7,10-11,16H2,1H3/b19-12+. The minimum absolute atomic E-state index is 0.124. The van der Waals surface area contributed by atoms with Crippen LogP contribution in [0.5, 0.6) is 11.5 Å². The molecule has 0 bridgehead atoms. The summed E-state index contributed by atoms with van der Waals surface area (Å²) in [5.74, 6) is 0.940. The van der Waals surface area contributed by atoms with Gasteiger partial charge in [0.15, 0.2) is 11.5 Å². The number of rotatable bonds is 7. The Labute approximate surface area is 179 Å². The van der Waals surface area contributed by atoms with Crippen molar-refractivity contribution in [2.24, 2.45) is 0 Å². The molecular weight excluding hydrogens is 432 g/mol. The van der Waals surface area contributed by atoms with Gasteiger partial charge in [-0.1, -0.05) is 30.3 Å². The van der Waals surface area contributed by atoms with E-state index in [1.54, 1.807) is 17.0 Å². The van der Waals surface area contributed by atoms with Crippen molar-refractivity contribution in [3.63, 3.8) is 0 Å². The van der Waals surface area contributed by atoms with Crippen LogP contribution in [0.1, 0.15) is 30.9 Å². The number of ether oxygens (including phenoxy) is 2. The topological polar surface area (TPSA) is 62.6 Å². The lowest BCUT2D eigenvalue weighted by atomic mass is 10.1. The predicted molar refractivity (Wildman–Crippen MR) is 115 cm³/mol. The molecule has 1 heterocycles. The Bertz CT molecular complexity index is 929. The number of amides is 1. The quantitative estimate of drug-likeness (QED) is 0.438. The fourth-order valence-electron chi connectivity index (χ4n) is 3.20. The number of benzene rings is 2. The van der Waals surface area contributed by atoms with Crippen molar-refractivity contribution in [1.29, 1.82) is 5.26 Å². The molecule has 0 spiro atoms. The average molecular weight is 455 g/mol. The predicted octanol–water partition coefficient (Wildman–Crippen LogP) is 4.96. The first-order chi connectivity index (χ1) is 14.1. The molecular formula is C23H23BrN2O3. The second-order valence-corrected chi connectivity index (χ2v) is 7.56. The van der Waals surface area contributed by atoms with Crippen LogP contribution in [-0.4, -0.2) is 30.5 Å². The molecule has 29 heavy (non-hydrogen) atoms. The zero-order valence-corrected chi connectivity index (χ0v) is 17.9. The summed E-state index contributed by atoms with van der Waals surface area (Å²) in [5.41, 5.74) is 1.88. The van der Waals surface area contributed by atoms with Gasteiger partial charge >= 0.3 is 0 Å². The van der Waals surface area contributed by atoms with Crippen LogP contribution < -0.4 is 9.47 Å². The molecule has 0 radical (unpaired) electrons. The van der Waals surface area contributed by atoms with E-state index in [2.05, 4.69) is 15.9 Å². The van der Waals surface area contributed by atoms with Gasteiger partial charge < -0.3 is 14.4 Å². The second kappa shape index (κ2) is 10.1. The summed E-state index contributed by atoms with van der Waals surface area (Å²) in [5, 5.41) is 9.49. The summed E-state index contributed by atoms with van der Waals surface area (Å²) >= 11 is 3.54. The summed E-state index contributed by atoms with van der Waals surface area (Å²) in [6.07, 6.45) is 3.57. The van der Waals surface area contributed by atoms with Gasteiger partial charge in [0.1, 0.15) is 18.2 Å². The molecule has 1 aliphatic heterocycles. The molecule has 6 heteroatoms. The molecule has 0 aliphatic carbocycles. The Morgan fingerprint density at radius 3 is 2.59 bits per heavy atom. The highest BCUT2D eigenvalue weighted by Gasteiger charge is 2.22. The molecule has 0 unspecified atom stereocenters. The third-order valence-corrected chi connectivity index (χ3v) is 5.20. The van der Waals surface area contributed by atoms with Crippen LogP contribution in [0.15, 0.2) is 52.5 Å². The van der Waals surface area contributed by atoms with Gasteiger partial charge in [0.25, 0.3) is 5.91 Å². The lowest BCUT2D eigenvalue weighted by Gasteiger charge is -2.16. The number of halogens is 1. The Morgan fingerprint density at radius 1 is 1.21 bits per heavy atom. The molecule has 1 saturated heterocycles. The van der Waals surface area contributed by atoms with Gasteiger partial charge in [-0.25, -0.2) is 0 Å².